The SMILES string of the molecule is CCn1c(-c2cccnc2[C@H](C)OC)c2c3cc(ccc31)-c1csc(n1)C[C@H](NC(=O)C(C(C)C)N(C)C(=O)[C@@H]1OCC[C@@H]1C)C(=O)N1CCC[C@H](N1)C(=O)OCC(C)(C)C2. The molecule has 6 atom stereocenters. The molecule has 3 amide bonds. The maximum absolute atomic E-state index is 14.5. The van der Waals surface area contributed by atoms with E-state index in [1.54, 1.807) is 20.4 Å². The summed E-state index contributed by atoms with van der Waals surface area (Å²) in [7, 11) is 3.31. The molecule has 6 heterocycles. The molecule has 3 aromatic heterocycles. The van der Waals surface area contributed by atoms with Gasteiger partial charge in [0.2, 0.25) is 5.91 Å². The lowest BCUT2D eigenvalue weighted by atomic mass is 9.84. The van der Waals surface area contributed by atoms with Crippen LogP contribution in [-0.4, -0.2) is 106 Å². The first-order valence-corrected chi connectivity index (χ1v) is 22.5. The van der Waals surface area contributed by atoms with E-state index in [9.17, 15) is 19.2 Å². The highest BCUT2D eigenvalue weighted by molar-refractivity contribution is 7.10. The van der Waals surface area contributed by atoms with Gasteiger partial charge >= 0.3 is 5.97 Å². The Morgan fingerprint density at radius 2 is 1.95 bits per heavy atom. The van der Waals surface area contributed by atoms with Gasteiger partial charge in [-0.25, -0.2) is 10.4 Å². The van der Waals surface area contributed by atoms with E-state index in [1.807, 2.05) is 39.1 Å². The summed E-state index contributed by atoms with van der Waals surface area (Å²) in [5.74, 6) is -1.78. The maximum Gasteiger partial charge on any atom is 0.324 e. The number of fused-ring (bicyclic) bond motifs is 6. The number of cyclic esters (lactones) is 1. The Labute approximate surface area is 362 Å². The van der Waals surface area contributed by atoms with Gasteiger partial charge in [0, 0.05) is 79.3 Å². The van der Waals surface area contributed by atoms with E-state index >= 15 is 0 Å². The van der Waals surface area contributed by atoms with Crippen LogP contribution in [0.2, 0.25) is 0 Å². The third-order valence-corrected chi connectivity index (χ3v) is 13.3. The average molecular weight is 856 g/mol. The molecule has 3 aliphatic heterocycles. The number of ether oxygens (including phenoxy) is 3. The number of amides is 3. The van der Waals surface area contributed by atoms with Gasteiger partial charge in [-0.15, -0.1) is 11.3 Å². The zero-order chi connectivity index (χ0) is 43.7. The van der Waals surface area contributed by atoms with Gasteiger partial charge in [0.25, 0.3) is 11.8 Å². The molecule has 0 saturated carbocycles. The van der Waals surface area contributed by atoms with Gasteiger partial charge in [-0.2, -0.15) is 0 Å². The van der Waals surface area contributed by atoms with Crippen molar-refractivity contribution in [3.05, 3.63) is 58.2 Å². The summed E-state index contributed by atoms with van der Waals surface area (Å²) in [4.78, 5) is 67.6. The van der Waals surface area contributed by atoms with Gasteiger partial charge in [0.1, 0.15) is 24.2 Å². The smallest absolute Gasteiger partial charge is 0.324 e. The lowest BCUT2D eigenvalue weighted by Gasteiger charge is -2.37. The Hall–Kier alpha value is -4.70. The summed E-state index contributed by atoms with van der Waals surface area (Å²) in [6.45, 7) is 15.8. The number of rotatable bonds is 9. The molecule has 6 bridgehead atoms. The fourth-order valence-corrected chi connectivity index (χ4v) is 9.95. The Bertz CT molecular complexity index is 2270. The Kier molecular flexibility index (Phi) is 13.3. The zero-order valence-corrected chi connectivity index (χ0v) is 37.8. The van der Waals surface area contributed by atoms with Crippen LogP contribution in [0.4, 0.5) is 0 Å². The first-order chi connectivity index (χ1) is 29.1. The third kappa shape index (κ3) is 9.11. The number of esters is 1. The lowest BCUT2D eigenvalue weighted by Crippen LogP contribution is -2.62. The van der Waals surface area contributed by atoms with Crippen LogP contribution >= 0.6 is 11.3 Å². The number of nitrogens with one attached hydrogen (secondary N) is 2. The number of thiazole rings is 1. The van der Waals surface area contributed by atoms with Crippen molar-refractivity contribution in [3.63, 3.8) is 0 Å². The van der Waals surface area contributed by atoms with Gasteiger partial charge in [0.15, 0.2) is 0 Å². The van der Waals surface area contributed by atoms with Crippen molar-refractivity contribution in [2.45, 2.75) is 117 Å². The van der Waals surface area contributed by atoms with E-state index in [0.717, 1.165) is 51.1 Å². The molecule has 1 aromatic carbocycles. The van der Waals surface area contributed by atoms with Crippen LogP contribution in [-0.2, 0) is 52.8 Å². The molecule has 3 aliphatic rings. The first-order valence-electron chi connectivity index (χ1n) is 21.6. The van der Waals surface area contributed by atoms with Crippen molar-refractivity contribution in [2.24, 2.45) is 17.3 Å². The summed E-state index contributed by atoms with van der Waals surface area (Å²) in [5, 5.41) is 8.17. The molecule has 0 aliphatic carbocycles. The van der Waals surface area contributed by atoms with E-state index in [4.69, 9.17) is 24.2 Å². The minimum absolute atomic E-state index is 0.0313. The van der Waals surface area contributed by atoms with E-state index in [1.165, 1.54) is 21.2 Å². The fraction of sp³-hybridized carbons (Fsp3) is 0.565. The molecule has 2 saturated heterocycles. The highest BCUT2D eigenvalue weighted by Gasteiger charge is 2.41. The van der Waals surface area contributed by atoms with E-state index < -0.39 is 47.4 Å². The van der Waals surface area contributed by atoms with Crippen molar-refractivity contribution in [2.75, 3.05) is 33.9 Å². The monoisotopic (exact) mass is 855 g/mol. The number of methoxy groups -OCH3 is 1. The molecule has 0 radical (unpaired) electrons. The number of pyridine rings is 1. The molecule has 2 fully saturated rings. The molecule has 0 spiro atoms. The Morgan fingerprint density at radius 1 is 1.16 bits per heavy atom. The average Bonchev–Trinajstić information content (AvgIpc) is 3.98. The van der Waals surface area contributed by atoms with E-state index in [2.05, 4.69) is 60.3 Å². The number of benzene rings is 1. The van der Waals surface area contributed by atoms with E-state index in [-0.39, 0.29) is 36.9 Å². The predicted molar refractivity (Wildman–Crippen MR) is 234 cm³/mol. The molecule has 14 nitrogen and oxygen atoms in total. The Morgan fingerprint density at radius 3 is 2.66 bits per heavy atom. The quantitative estimate of drug-likeness (QED) is 0.188. The molecule has 1 unspecified atom stereocenters. The number of hydrogen-bond donors (Lipinski definition) is 2. The number of likely N-dealkylation sites (N-methyl/N-ethyl adjacent to an activating group) is 1. The number of carbonyl (C=O) groups is 4. The molecule has 4 aromatic rings. The molecule has 61 heavy (non-hydrogen) atoms. The van der Waals surface area contributed by atoms with Crippen LogP contribution in [0.1, 0.15) is 90.1 Å². The predicted octanol–water partition coefficient (Wildman–Crippen LogP) is 6.11. The van der Waals surface area contributed by atoms with Gasteiger partial charge in [-0.1, -0.05) is 40.7 Å². The van der Waals surface area contributed by atoms with Crippen molar-refractivity contribution >= 4 is 45.9 Å². The maximum atomic E-state index is 14.5. The summed E-state index contributed by atoms with van der Waals surface area (Å²) >= 11 is 1.42. The van der Waals surface area contributed by atoms with E-state index in [0.29, 0.717) is 44.0 Å². The number of hydrogen-bond acceptors (Lipinski definition) is 11. The molecule has 2 N–H and O–H groups in total. The van der Waals surface area contributed by atoms with Crippen molar-refractivity contribution in [1.82, 2.24) is 35.2 Å². The second-order valence-electron chi connectivity index (χ2n) is 18.0. The normalized spacial score (nSPS) is 23.1. The topological polar surface area (TPSA) is 157 Å². The van der Waals surface area contributed by atoms with Crippen LogP contribution in [0.25, 0.3) is 33.4 Å². The van der Waals surface area contributed by atoms with Crippen molar-refractivity contribution in [3.8, 4) is 22.5 Å². The molecule has 15 heteroatoms. The first kappa shape index (κ1) is 44.4. The fourth-order valence-electron chi connectivity index (χ4n) is 9.10. The summed E-state index contributed by atoms with van der Waals surface area (Å²) in [6, 6.07) is 7.77. The van der Waals surface area contributed by atoms with Crippen LogP contribution in [0.3, 0.4) is 0 Å². The largest absolute Gasteiger partial charge is 0.464 e. The minimum atomic E-state index is -1.05. The molecular formula is C46H61N7O7S. The van der Waals surface area contributed by atoms with Gasteiger partial charge in [0.05, 0.1) is 34.8 Å². The third-order valence-electron chi connectivity index (χ3n) is 12.5. The van der Waals surface area contributed by atoms with Crippen LogP contribution in [0, 0.1) is 17.3 Å². The number of aromatic nitrogens is 3. The molecular weight excluding hydrogens is 795 g/mol. The number of nitrogens with zero attached hydrogens (tertiary/aromatic N) is 5. The summed E-state index contributed by atoms with van der Waals surface area (Å²) in [6.07, 6.45) is 3.43. The standard InChI is InChI=1S/C46H61N7O7S/c1-10-52-36-16-15-29-21-31(36)32(40(52)30-13-11-18-47-38(30)28(5)58-9)23-46(6,7)25-60-45(57)33-14-12-19-53(50-33)43(55)34(22-37-48-35(29)24-61-37)49-42(54)39(26(2)3)51(8)44(56)41-27(4)17-20-59-41/h11,13,15-16,18,21,24,26-28,33-34,39,41,50H,10,12,14,17,19-20,22-23,25H2,1-9H3,(H,49,54)/t27-,28-,33-,34-,39?,41+/m0/s1. The van der Waals surface area contributed by atoms with Gasteiger partial charge in [-0.3, -0.25) is 29.2 Å². The minimum Gasteiger partial charge on any atom is -0.464 e. The number of carbonyl (C=O) groups excluding carboxylic acids is 4. The highest BCUT2D eigenvalue weighted by Crippen LogP contribution is 2.42. The van der Waals surface area contributed by atoms with Crippen LogP contribution < -0.4 is 10.7 Å². The Balaban J connectivity index is 1.30. The summed E-state index contributed by atoms with van der Waals surface area (Å²) in [5.41, 5.74) is 9.37. The van der Waals surface area contributed by atoms with Crippen LogP contribution in [0.15, 0.2) is 41.9 Å². The number of aryl methyl sites for hydroxylation is 1. The second-order valence-corrected chi connectivity index (χ2v) is 18.9. The van der Waals surface area contributed by atoms with Gasteiger partial charge < -0.3 is 29.0 Å². The highest BCUT2D eigenvalue weighted by atomic mass is 32.1. The van der Waals surface area contributed by atoms with Crippen molar-refractivity contribution in [1.29, 1.82) is 0 Å². The second kappa shape index (κ2) is 18.3. The number of hydrazine groups is 1. The summed E-state index contributed by atoms with van der Waals surface area (Å²) < 4.78 is 20.0. The van der Waals surface area contributed by atoms with Crippen LogP contribution in [0.5, 0.6) is 0 Å². The van der Waals surface area contributed by atoms with Crippen molar-refractivity contribution < 1.29 is 33.4 Å². The molecule has 7 rings (SSSR count). The zero-order valence-electron chi connectivity index (χ0n) is 36.9. The lowest BCUT2D eigenvalue weighted by molar-refractivity contribution is -0.155. The van der Waals surface area contributed by atoms with Gasteiger partial charge in [-0.05, 0) is 81.2 Å². The molecule has 328 valence electrons.